The Kier molecular flexibility index (Phi) is 4.72. The Labute approximate surface area is 101 Å². The van der Waals surface area contributed by atoms with Gasteiger partial charge in [-0.15, -0.1) is 0 Å². The smallest absolute Gasteiger partial charge is 0.169 e. The van der Waals surface area contributed by atoms with E-state index in [1.165, 1.54) is 0 Å². The van der Waals surface area contributed by atoms with E-state index >= 15 is 0 Å². The van der Waals surface area contributed by atoms with Crippen molar-refractivity contribution in [2.24, 2.45) is 0 Å². The molecule has 5 nitrogen and oxygen atoms in total. The first kappa shape index (κ1) is 13.7. The fourth-order valence-corrected chi connectivity index (χ4v) is 1.25. The number of aromatic nitrogens is 1. The zero-order valence-corrected chi connectivity index (χ0v) is 10.5. The van der Waals surface area contributed by atoms with Crippen molar-refractivity contribution in [3.05, 3.63) is 18.3 Å². The van der Waals surface area contributed by atoms with E-state index in [2.05, 4.69) is 10.3 Å². The minimum atomic E-state index is -0.816. The van der Waals surface area contributed by atoms with Crippen LogP contribution in [0.5, 0.6) is 5.75 Å². The zero-order valence-electron chi connectivity index (χ0n) is 10.5. The highest BCUT2D eigenvalue weighted by Gasteiger charge is 2.24. The third-order valence-electron chi connectivity index (χ3n) is 2.25. The molecule has 0 amide bonds. The van der Waals surface area contributed by atoms with Gasteiger partial charge in [0.15, 0.2) is 11.6 Å². The van der Waals surface area contributed by atoms with Crippen LogP contribution in [0.2, 0.25) is 0 Å². The third kappa shape index (κ3) is 3.87. The maximum Gasteiger partial charge on any atom is 0.169 e. The van der Waals surface area contributed by atoms with Gasteiger partial charge in [0.25, 0.3) is 0 Å². The van der Waals surface area contributed by atoms with E-state index in [0.29, 0.717) is 11.6 Å². The summed E-state index contributed by atoms with van der Waals surface area (Å²) in [6.45, 7) is 5.17. The third-order valence-corrected chi connectivity index (χ3v) is 2.25. The number of anilines is 1. The summed E-state index contributed by atoms with van der Waals surface area (Å²) < 4.78 is 5.59. The fourth-order valence-electron chi connectivity index (χ4n) is 1.25. The minimum Gasteiger partial charge on any atom is -0.487 e. The van der Waals surface area contributed by atoms with Gasteiger partial charge in [-0.2, -0.15) is 0 Å². The summed E-state index contributed by atoms with van der Waals surface area (Å²) in [4.78, 5) is 4.15. The number of aliphatic hydroxyl groups is 2. The first-order chi connectivity index (χ1) is 8.00. The average molecular weight is 240 g/mol. The second kappa shape index (κ2) is 5.84. The van der Waals surface area contributed by atoms with E-state index < -0.39 is 5.54 Å². The molecule has 3 N–H and O–H groups in total. The van der Waals surface area contributed by atoms with Crippen LogP contribution in [0.1, 0.15) is 20.8 Å². The van der Waals surface area contributed by atoms with Gasteiger partial charge in [-0.1, -0.05) is 0 Å². The van der Waals surface area contributed by atoms with Gasteiger partial charge in [-0.3, -0.25) is 0 Å². The molecule has 0 aromatic carbocycles. The van der Waals surface area contributed by atoms with E-state index in [4.69, 9.17) is 4.74 Å². The normalized spacial score (nSPS) is 11.6. The Morgan fingerprint density at radius 3 is 2.59 bits per heavy atom. The predicted octanol–water partition coefficient (Wildman–Crippen LogP) is 1.02. The van der Waals surface area contributed by atoms with E-state index in [1.807, 2.05) is 13.8 Å². The number of nitrogens with one attached hydrogen (secondary N) is 1. The van der Waals surface area contributed by atoms with Gasteiger partial charge in [0, 0.05) is 6.20 Å². The molecule has 5 heteroatoms. The summed E-state index contributed by atoms with van der Waals surface area (Å²) in [5, 5.41) is 21.4. The molecular formula is C12H20N2O3. The Balaban J connectivity index is 2.89. The number of rotatable bonds is 6. The first-order valence-electron chi connectivity index (χ1n) is 5.62. The van der Waals surface area contributed by atoms with Crippen LogP contribution in [0.3, 0.4) is 0 Å². The molecular weight excluding hydrogens is 220 g/mol. The summed E-state index contributed by atoms with van der Waals surface area (Å²) >= 11 is 0. The van der Waals surface area contributed by atoms with Crippen molar-refractivity contribution in [2.75, 3.05) is 18.5 Å². The van der Waals surface area contributed by atoms with Gasteiger partial charge in [0.05, 0.1) is 24.9 Å². The SMILES string of the molecule is CC(C)Oc1cccnc1NC(C)(CO)CO. The summed E-state index contributed by atoms with van der Waals surface area (Å²) in [7, 11) is 0. The molecule has 17 heavy (non-hydrogen) atoms. The number of hydrogen-bond donors (Lipinski definition) is 3. The molecule has 0 aliphatic carbocycles. The molecule has 0 radical (unpaired) electrons. The Morgan fingerprint density at radius 2 is 2.06 bits per heavy atom. The molecule has 0 aliphatic heterocycles. The van der Waals surface area contributed by atoms with E-state index in [-0.39, 0.29) is 19.3 Å². The molecule has 0 aliphatic rings. The lowest BCUT2D eigenvalue weighted by Gasteiger charge is -2.28. The molecule has 1 aromatic rings. The van der Waals surface area contributed by atoms with Crippen LogP contribution >= 0.6 is 0 Å². The van der Waals surface area contributed by atoms with Gasteiger partial charge >= 0.3 is 0 Å². The largest absolute Gasteiger partial charge is 0.487 e. The second-order valence-corrected chi connectivity index (χ2v) is 4.52. The highest BCUT2D eigenvalue weighted by molar-refractivity contribution is 5.51. The van der Waals surface area contributed by atoms with Crippen LogP contribution in [0.4, 0.5) is 5.82 Å². The van der Waals surface area contributed by atoms with Gasteiger partial charge < -0.3 is 20.3 Å². The number of pyridine rings is 1. The van der Waals surface area contributed by atoms with Crippen LogP contribution in [-0.4, -0.2) is 40.1 Å². The van der Waals surface area contributed by atoms with Crippen molar-refractivity contribution >= 4 is 5.82 Å². The van der Waals surface area contributed by atoms with Crippen molar-refractivity contribution in [1.82, 2.24) is 4.98 Å². The molecule has 0 fully saturated rings. The molecule has 0 bridgehead atoms. The number of ether oxygens (including phenoxy) is 1. The second-order valence-electron chi connectivity index (χ2n) is 4.52. The quantitative estimate of drug-likeness (QED) is 0.692. The Bertz CT molecular complexity index is 351. The van der Waals surface area contributed by atoms with Gasteiger partial charge in [0.1, 0.15) is 0 Å². The monoisotopic (exact) mass is 240 g/mol. The van der Waals surface area contributed by atoms with Crippen LogP contribution in [0.25, 0.3) is 0 Å². The highest BCUT2D eigenvalue weighted by atomic mass is 16.5. The molecule has 1 rings (SSSR count). The predicted molar refractivity (Wildman–Crippen MR) is 66.2 cm³/mol. The maximum absolute atomic E-state index is 9.23. The van der Waals surface area contributed by atoms with Gasteiger partial charge in [-0.25, -0.2) is 4.98 Å². The molecule has 0 saturated heterocycles. The van der Waals surface area contributed by atoms with Crippen LogP contribution in [0, 0.1) is 0 Å². The Hall–Kier alpha value is -1.33. The summed E-state index contributed by atoms with van der Waals surface area (Å²) in [6.07, 6.45) is 1.67. The average Bonchev–Trinajstić information content (AvgIpc) is 2.31. The lowest BCUT2D eigenvalue weighted by Crippen LogP contribution is -2.42. The van der Waals surface area contributed by atoms with Crippen LogP contribution < -0.4 is 10.1 Å². The van der Waals surface area contributed by atoms with Gasteiger partial charge in [-0.05, 0) is 32.9 Å². The van der Waals surface area contributed by atoms with Gasteiger partial charge in [0.2, 0.25) is 0 Å². The zero-order chi connectivity index (χ0) is 12.9. The van der Waals surface area contributed by atoms with Crippen molar-refractivity contribution in [2.45, 2.75) is 32.4 Å². The van der Waals surface area contributed by atoms with Crippen LogP contribution in [0.15, 0.2) is 18.3 Å². The molecule has 0 unspecified atom stereocenters. The highest BCUT2D eigenvalue weighted by Crippen LogP contribution is 2.25. The van der Waals surface area contributed by atoms with Crippen molar-refractivity contribution in [1.29, 1.82) is 0 Å². The summed E-state index contributed by atoms with van der Waals surface area (Å²) in [5.41, 5.74) is -0.816. The topological polar surface area (TPSA) is 74.6 Å². The fraction of sp³-hybridized carbons (Fsp3) is 0.583. The van der Waals surface area contributed by atoms with E-state index in [1.54, 1.807) is 25.3 Å². The van der Waals surface area contributed by atoms with Crippen molar-refractivity contribution in [3.63, 3.8) is 0 Å². The number of aliphatic hydroxyl groups excluding tert-OH is 2. The minimum absolute atomic E-state index is 0.0364. The summed E-state index contributed by atoms with van der Waals surface area (Å²) in [6, 6.07) is 3.57. The first-order valence-corrected chi connectivity index (χ1v) is 5.62. The Morgan fingerprint density at radius 1 is 1.41 bits per heavy atom. The van der Waals surface area contributed by atoms with E-state index in [0.717, 1.165) is 0 Å². The molecule has 0 spiro atoms. The lowest BCUT2D eigenvalue weighted by atomic mass is 10.1. The molecule has 1 heterocycles. The van der Waals surface area contributed by atoms with Crippen molar-refractivity contribution < 1.29 is 14.9 Å². The standard InChI is InChI=1S/C12H20N2O3/c1-9(2)17-10-5-4-6-13-11(10)14-12(3,7-15)8-16/h4-6,9,15-16H,7-8H2,1-3H3,(H,13,14). The molecule has 1 aromatic heterocycles. The molecule has 0 saturated carbocycles. The summed E-state index contributed by atoms with van der Waals surface area (Å²) in [5.74, 6) is 1.13. The number of nitrogens with zero attached hydrogens (tertiary/aromatic N) is 1. The molecule has 0 atom stereocenters. The van der Waals surface area contributed by atoms with E-state index in [9.17, 15) is 10.2 Å². The van der Waals surface area contributed by atoms with Crippen molar-refractivity contribution in [3.8, 4) is 5.75 Å². The van der Waals surface area contributed by atoms with Crippen LogP contribution in [-0.2, 0) is 0 Å². The maximum atomic E-state index is 9.23. The lowest BCUT2D eigenvalue weighted by molar-refractivity contribution is 0.146. The number of hydrogen-bond acceptors (Lipinski definition) is 5. The molecule has 96 valence electrons.